The van der Waals surface area contributed by atoms with Crippen LogP contribution in [0.5, 0.6) is 5.75 Å². The summed E-state index contributed by atoms with van der Waals surface area (Å²) in [4.78, 5) is 19.1. The van der Waals surface area contributed by atoms with Gasteiger partial charge in [0, 0.05) is 52.2 Å². The van der Waals surface area contributed by atoms with Gasteiger partial charge in [-0.1, -0.05) is 18.2 Å². The monoisotopic (exact) mass is 554 g/mol. The summed E-state index contributed by atoms with van der Waals surface area (Å²) in [5, 5.41) is 10.6. The van der Waals surface area contributed by atoms with Gasteiger partial charge in [0.25, 0.3) is 9.05 Å². The fourth-order valence-electron chi connectivity index (χ4n) is 4.56. The fraction of sp³-hybridized carbons (Fsp3) is 0.185. The first kappa shape index (κ1) is 25.3. The van der Waals surface area contributed by atoms with Crippen LogP contribution in [0.4, 0.5) is 5.69 Å². The summed E-state index contributed by atoms with van der Waals surface area (Å²) in [6.07, 6.45) is 0. The number of fused-ring (bicyclic) bond motifs is 2. The van der Waals surface area contributed by atoms with Crippen LogP contribution < -0.4 is 9.64 Å². The number of ether oxygens (including phenoxy) is 1. The normalized spacial score (nSPS) is 13.4. The Labute approximate surface area is 223 Å². The molecule has 0 saturated carbocycles. The van der Waals surface area contributed by atoms with Crippen LogP contribution in [0.3, 0.4) is 0 Å². The maximum Gasteiger partial charge on any atom is 0.336 e. The largest absolute Gasteiger partial charge is 0.488 e. The van der Waals surface area contributed by atoms with E-state index in [0.29, 0.717) is 26.5 Å². The smallest absolute Gasteiger partial charge is 0.336 e. The van der Waals surface area contributed by atoms with Crippen molar-refractivity contribution in [2.45, 2.75) is 18.7 Å². The second kappa shape index (κ2) is 9.81. The first-order chi connectivity index (χ1) is 17.7. The third-order valence-electron chi connectivity index (χ3n) is 6.36. The standard InChI is InChI=1S/C27H23ClN2O5S2/c1-3-30(4-2)16-9-11-20-23(13-16)35-15-21(25(20)18-7-5-6-8-19(18)27(31)32)26-29-22-12-10-17(37(28,33)34)14-24(22)36-26/h5-14H,3-4,15H2,1-2H3,(H,31,32). The molecule has 0 aliphatic carbocycles. The number of carboxylic acid groups (broad SMARTS) is 1. The molecule has 0 bridgehead atoms. The van der Waals surface area contributed by atoms with Gasteiger partial charge in [-0.05, 0) is 55.8 Å². The number of thiazole rings is 1. The van der Waals surface area contributed by atoms with E-state index < -0.39 is 15.0 Å². The Morgan fingerprint density at radius 3 is 2.54 bits per heavy atom. The fourth-order valence-corrected chi connectivity index (χ4v) is 6.45. The van der Waals surface area contributed by atoms with Gasteiger partial charge >= 0.3 is 5.97 Å². The van der Waals surface area contributed by atoms with Crippen LogP contribution >= 0.6 is 22.0 Å². The van der Waals surface area contributed by atoms with E-state index >= 15 is 0 Å². The molecule has 1 N–H and O–H groups in total. The molecule has 7 nitrogen and oxygen atoms in total. The molecule has 10 heteroatoms. The molecule has 37 heavy (non-hydrogen) atoms. The molecule has 1 aliphatic heterocycles. The molecule has 2 heterocycles. The third kappa shape index (κ3) is 4.70. The molecule has 0 radical (unpaired) electrons. The van der Waals surface area contributed by atoms with Crippen LogP contribution in [0.25, 0.3) is 21.4 Å². The number of aromatic nitrogens is 1. The molecular weight excluding hydrogens is 532 g/mol. The molecule has 0 spiro atoms. The van der Waals surface area contributed by atoms with Crippen LogP contribution in [0.15, 0.2) is 65.6 Å². The van der Waals surface area contributed by atoms with Crippen molar-refractivity contribution in [3.05, 3.63) is 82.4 Å². The van der Waals surface area contributed by atoms with Crippen LogP contribution in [0.2, 0.25) is 0 Å². The van der Waals surface area contributed by atoms with Gasteiger partial charge in [0.1, 0.15) is 17.4 Å². The third-order valence-corrected chi connectivity index (χ3v) is 8.79. The maximum absolute atomic E-state index is 12.2. The number of aromatic carboxylic acids is 1. The van der Waals surface area contributed by atoms with E-state index in [1.807, 2.05) is 24.3 Å². The quantitative estimate of drug-likeness (QED) is 0.275. The molecule has 5 rings (SSSR count). The molecular formula is C27H23ClN2O5S2. The highest BCUT2D eigenvalue weighted by molar-refractivity contribution is 8.13. The van der Waals surface area contributed by atoms with Crippen LogP contribution in [-0.4, -0.2) is 44.2 Å². The predicted octanol–water partition coefficient (Wildman–Crippen LogP) is 6.12. The Morgan fingerprint density at radius 1 is 1.08 bits per heavy atom. The minimum atomic E-state index is -3.89. The molecule has 0 atom stereocenters. The van der Waals surface area contributed by atoms with Crippen molar-refractivity contribution in [1.82, 2.24) is 4.98 Å². The molecule has 3 aromatic carbocycles. The zero-order valence-electron chi connectivity index (χ0n) is 20.1. The molecule has 190 valence electrons. The lowest BCUT2D eigenvalue weighted by molar-refractivity contribution is 0.0696. The molecule has 4 aromatic rings. The first-order valence-corrected chi connectivity index (χ1v) is 14.8. The van der Waals surface area contributed by atoms with Gasteiger partial charge in [-0.3, -0.25) is 0 Å². The molecule has 0 amide bonds. The van der Waals surface area contributed by atoms with Gasteiger partial charge in [0.15, 0.2) is 0 Å². The minimum Gasteiger partial charge on any atom is -0.488 e. The van der Waals surface area contributed by atoms with E-state index in [-0.39, 0.29) is 17.1 Å². The number of anilines is 1. The summed E-state index contributed by atoms with van der Waals surface area (Å²) < 4.78 is 30.5. The van der Waals surface area contributed by atoms with Gasteiger partial charge in [-0.15, -0.1) is 11.3 Å². The Balaban J connectivity index is 1.76. The summed E-state index contributed by atoms with van der Waals surface area (Å²) in [6.45, 7) is 6.04. The second-order valence-corrected chi connectivity index (χ2v) is 12.0. The minimum absolute atomic E-state index is 0.00327. The van der Waals surface area contributed by atoms with E-state index in [9.17, 15) is 18.3 Å². The molecule has 0 unspecified atom stereocenters. The highest BCUT2D eigenvalue weighted by Crippen LogP contribution is 2.45. The van der Waals surface area contributed by atoms with Crippen molar-refractivity contribution in [3.8, 4) is 5.75 Å². The van der Waals surface area contributed by atoms with Gasteiger partial charge < -0.3 is 14.7 Å². The summed E-state index contributed by atoms with van der Waals surface area (Å²) in [5.41, 5.74) is 4.61. The van der Waals surface area contributed by atoms with Crippen molar-refractivity contribution in [1.29, 1.82) is 0 Å². The SMILES string of the molecule is CCN(CC)c1ccc2c(c1)OCC(c1nc3ccc(S(=O)(=O)Cl)cc3s1)=C2c1ccccc1C(=O)O. The number of carboxylic acids is 1. The topological polar surface area (TPSA) is 96.8 Å². The van der Waals surface area contributed by atoms with E-state index in [1.165, 1.54) is 23.5 Å². The predicted molar refractivity (Wildman–Crippen MR) is 147 cm³/mol. The molecule has 1 aromatic heterocycles. The average Bonchev–Trinajstić information content (AvgIpc) is 3.31. The van der Waals surface area contributed by atoms with Crippen molar-refractivity contribution < 1.29 is 23.1 Å². The van der Waals surface area contributed by atoms with E-state index in [2.05, 4.69) is 18.7 Å². The lowest BCUT2D eigenvalue weighted by Crippen LogP contribution is -2.22. The average molecular weight is 555 g/mol. The van der Waals surface area contributed by atoms with Gasteiger partial charge in [0.05, 0.1) is 20.7 Å². The van der Waals surface area contributed by atoms with Crippen LogP contribution in [-0.2, 0) is 9.05 Å². The summed E-state index contributed by atoms with van der Waals surface area (Å²) in [5.74, 6) is -0.364. The number of hydrogen-bond acceptors (Lipinski definition) is 7. The number of benzene rings is 3. The lowest BCUT2D eigenvalue weighted by Gasteiger charge is -2.27. The van der Waals surface area contributed by atoms with Crippen LogP contribution in [0.1, 0.15) is 40.3 Å². The maximum atomic E-state index is 12.2. The van der Waals surface area contributed by atoms with Crippen molar-refractivity contribution in [3.63, 3.8) is 0 Å². The van der Waals surface area contributed by atoms with Crippen molar-refractivity contribution in [2.75, 3.05) is 24.6 Å². The van der Waals surface area contributed by atoms with E-state index in [0.717, 1.165) is 35.5 Å². The lowest BCUT2D eigenvalue weighted by atomic mass is 9.88. The number of carbonyl (C=O) groups is 1. The summed E-state index contributed by atoms with van der Waals surface area (Å²) >= 11 is 1.31. The van der Waals surface area contributed by atoms with E-state index in [1.54, 1.807) is 24.3 Å². The van der Waals surface area contributed by atoms with Gasteiger partial charge in [-0.2, -0.15) is 0 Å². The van der Waals surface area contributed by atoms with Gasteiger partial charge in [-0.25, -0.2) is 18.2 Å². The number of halogens is 1. The van der Waals surface area contributed by atoms with Crippen molar-refractivity contribution >= 4 is 64.1 Å². The Morgan fingerprint density at radius 2 is 1.84 bits per heavy atom. The zero-order valence-corrected chi connectivity index (χ0v) is 22.5. The zero-order chi connectivity index (χ0) is 26.3. The van der Waals surface area contributed by atoms with Gasteiger partial charge in [0.2, 0.25) is 0 Å². The highest BCUT2D eigenvalue weighted by atomic mass is 35.7. The number of nitrogens with zero attached hydrogens (tertiary/aromatic N) is 2. The number of hydrogen-bond donors (Lipinski definition) is 1. The Bertz CT molecular complexity index is 1670. The summed E-state index contributed by atoms with van der Waals surface area (Å²) in [6, 6.07) is 17.4. The molecule has 1 aliphatic rings. The Hall–Kier alpha value is -3.40. The highest BCUT2D eigenvalue weighted by Gasteiger charge is 2.28. The Kier molecular flexibility index (Phi) is 6.70. The summed E-state index contributed by atoms with van der Waals surface area (Å²) in [7, 11) is 1.66. The first-order valence-electron chi connectivity index (χ1n) is 11.6. The van der Waals surface area contributed by atoms with Crippen molar-refractivity contribution in [2.24, 2.45) is 0 Å². The van der Waals surface area contributed by atoms with Crippen LogP contribution in [0, 0.1) is 0 Å². The van der Waals surface area contributed by atoms with E-state index in [4.69, 9.17) is 20.4 Å². The second-order valence-electron chi connectivity index (χ2n) is 8.43. The number of rotatable bonds is 7. The molecule has 0 saturated heterocycles. The molecule has 0 fully saturated rings.